The number of nitrogens with one attached hydrogen (secondary N) is 1. The molecule has 1 heterocycles. The number of anilines is 1. The number of nitro benzene ring substituents is 1. The molecule has 2 aliphatic rings. The molecule has 9 heteroatoms. The van der Waals surface area contributed by atoms with Crippen LogP contribution in [0.4, 0.5) is 16.2 Å². The highest BCUT2D eigenvalue weighted by Gasteiger charge is 2.51. The average Bonchev–Trinajstić information content (AvgIpc) is 2.83. The fourth-order valence-corrected chi connectivity index (χ4v) is 3.47. The predicted octanol–water partition coefficient (Wildman–Crippen LogP) is 2.25. The van der Waals surface area contributed by atoms with Gasteiger partial charge < -0.3 is 10.2 Å². The van der Waals surface area contributed by atoms with Crippen molar-refractivity contribution in [2.24, 2.45) is 5.10 Å². The van der Waals surface area contributed by atoms with E-state index in [4.69, 9.17) is 0 Å². The van der Waals surface area contributed by atoms with Gasteiger partial charge in [0, 0.05) is 25.7 Å². The minimum atomic E-state index is -0.840. The number of benzene rings is 1. The maximum atomic E-state index is 12.6. The number of amides is 3. The van der Waals surface area contributed by atoms with Crippen LogP contribution in [0.3, 0.4) is 0 Å². The molecule has 3 amide bonds. The highest BCUT2D eigenvalue weighted by molar-refractivity contribution is 6.07. The summed E-state index contributed by atoms with van der Waals surface area (Å²) in [7, 11) is 3.43. The lowest BCUT2D eigenvalue weighted by Crippen LogP contribution is -2.48. The summed E-state index contributed by atoms with van der Waals surface area (Å²) in [4.78, 5) is 37.2. The Kier molecular flexibility index (Phi) is 4.62. The molecule has 9 nitrogen and oxygen atoms in total. The highest BCUT2D eigenvalue weighted by atomic mass is 16.6. The third kappa shape index (κ3) is 3.12. The topological polar surface area (TPSA) is 108 Å². The lowest BCUT2D eigenvalue weighted by Gasteiger charge is -2.29. The van der Waals surface area contributed by atoms with Crippen molar-refractivity contribution in [1.82, 2.24) is 10.3 Å². The molecule has 1 N–H and O–H groups in total. The third-order valence-electron chi connectivity index (χ3n) is 4.85. The van der Waals surface area contributed by atoms with Gasteiger partial charge in [0.2, 0.25) is 0 Å². The molecule has 3 rings (SSSR count). The smallest absolute Gasteiger partial charge is 0.346 e. The van der Waals surface area contributed by atoms with E-state index < -0.39 is 16.5 Å². The molecule has 0 unspecified atom stereocenters. The SMILES string of the molecule is CN(C)c1ccc(/C=N\N2C(=O)NC3(CCCCC3)C2=O)cc1[N+](=O)[O-]. The number of urea groups is 1. The molecule has 1 spiro atoms. The number of hydrazone groups is 1. The fourth-order valence-electron chi connectivity index (χ4n) is 3.47. The van der Waals surface area contributed by atoms with E-state index in [1.807, 2.05) is 0 Å². The first-order chi connectivity index (χ1) is 12.3. The first-order valence-corrected chi connectivity index (χ1v) is 8.50. The molecule has 1 aliphatic heterocycles. The van der Waals surface area contributed by atoms with Crippen LogP contribution in [0.25, 0.3) is 0 Å². The van der Waals surface area contributed by atoms with Crippen LogP contribution < -0.4 is 10.2 Å². The summed E-state index contributed by atoms with van der Waals surface area (Å²) in [5, 5.41) is 18.8. The molecule has 0 aromatic heterocycles. The van der Waals surface area contributed by atoms with E-state index in [9.17, 15) is 19.7 Å². The van der Waals surface area contributed by atoms with Gasteiger partial charge in [-0.1, -0.05) is 25.3 Å². The second kappa shape index (κ2) is 6.74. The van der Waals surface area contributed by atoms with E-state index in [0.717, 1.165) is 24.3 Å². The van der Waals surface area contributed by atoms with Crippen LogP contribution in [-0.4, -0.2) is 47.7 Å². The standard InChI is InChI=1S/C17H21N5O4/c1-20(2)13-7-6-12(10-14(13)22(25)26)11-18-21-15(23)17(19-16(21)24)8-4-3-5-9-17/h6-7,10-11H,3-5,8-9H2,1-2H3,(H,19,24)/b18-11-. The van der Waals surface area contributed by atoms with Crippen molar-refractivity contribution in [3.05, 3.63) is 33.9 Å². The van der Waals surface area contributed by atoms with Crippen molar-refractivity contribution in [3.8, 4) is 0 Å². The van der Waals surface area contributed by atoms with E-state index >= 15 is 0 Å². The molecule has 1 aromatic carbocycles. The van der Waals surface area contributed by atoms with Crippen LogP contribution in [0.1, 0.15) is 37.7 Å². The van der Waals surface area contributed by atoms with Crippen LogP contribution in [0, 0.1) is 10.1 Å². The van der Waals surface area contributed by atoms with E-state index in [1.54, 1.807) is 31.1 Å². The first-order valence-electron chi connectivity index (χ1n) is 8.50. The molecule has 2 fully saturated rings. The van der Waals surface area contributed by atoms with E-state index in [0.29, 0.717) is 24.1 Å². The quantitative estimate of drug-likeness (QED) is 0.384. The second-order valence-electron chi connectivity index (χ2n) is 6.83. The predicted molar refractivity (Wildman–Crippen MR) is 96.2 cm³/mol. The van der Waals surface area contributed by atoms with E-state index in [-0.39, 0.29) is 11.6 Å². The number of hydrogen-bond acceptors (Lipinski definition) is 6. The number of rotatable bonds is 4. The Morgan fingerprint density at radius 2 is 1.96 bits per heavy atom. The summed E-state index contributed by atoms with van der Waals surface area (Å²) >= 11 is 0. The molecule has 1 saturated carbocycles. The molecular formula is C17H21N5O4. The maximum absolute atomic E-state index is 12.6. The summed E-state index contributed by atoms with van der Waals surface area (Å²) in [5.74, 6) is -0.349. The van der Waals surface area contributed by atoms with Gasteiger partial charge in [0.15, 0.2) is 0 Å². The number of carbonyl (C=O) groups excluding carboxylic acids is 2. The lowest BCUT2D eigenvalue weighted by atomic mass is 9.82. The van der Waals surface area contributed by atoms with E-state index in [2.05, 4.69) is 10.4 Å². The van der Waals surface area contributed by atoms with Gasteiger partial charge in [-0.25, -0.2) is 4.79 Å². The zero-order chi connectivity index (χ0) is 18.9. The normalized spacial score (nSPS) is 19.2. The minimum absolute atomic E-state index is 0.0695. The zero-order valence-corrected chi connectivity index (χ0v) is 14.8. The van der Waals surface area contributed by atoms with Gasteiger partial charge in [-0.2, -0.15) is 5.10 Å². The summed E-state index contributed by atoms with van der Waals surface area (Å²) in [5.41, 5.74) is -0.0105. The molecule has 0 radical (unpaired) electrons. The van der Waals surface area contributed by atoms with E-state index in [1.165, 1.54) is 12.3 Å². The van der Waals surface area contributed by atoms with Crippen molar-refractivity contribution in [2.45, 2.75) is 37.6 Å². The van der Waals surface area contributed by atoms with Gasteiger partial charge in [0.05, 0.1) is 11.1 Å². The Hall–Kier alpha value is -2.97. The van der Waals surface area contributed by atoms with Crippen molar-refractivity contribution in [3.63, 3.8) is 0 Å². The van der Waals surface area contributed by atoms with Crippen LogP contribution in [0.2, 0.25) is 0 Å². The highest BCUT2D eigenvalue weighted by Crippen LogP contribution is 2.34. The third-order valence-corrected chi connectivity index (χ3v) is 4.85. The molecule has 26 heavy (non-hydrogen) atoms. The van der Waals surface area contributed by atoms with Crippen LogP contribution >= 0.6 is 0 Å². The number of carbonyl (C=O) groups is 2. The monoisotopic (exact) mass is 359 g/mol. The summed E-state index contributed by atoms with van der Waals surface area (Å²) < 4.78 is 0. The largest absolute Gasteiger partial charge is 0.372 e. The van der Waals surface area contributed by atoms with Gasteiger partial charge >= 0.3 is 6.03 Å². The Bertz CT molecular complexity index is 783. The fraction of sp³-hybridized carbons (Fsp3) is 0.471. The summed E-state index contributed by atoms with van der Waals surface area (Å²) in [6, 6.07) is 4.08. The molecule has 1 saturated heterocycles. The van der Waals surface area contributed by atoms with Crippen molar-refractivity contribution >= 4 is 29.5 Å². The van der Waals surface area contributed by atoms with Crippen molar-refractivity contribution < 1.29 is 14.5 Å². The second-order valence-corrected chi connectivity index (χ2v) is 6.83. The van der Waals surface area contributed by atoms with Gasteiger partial charge in [0.1, 0.15) is 11.2 Å². The van der Waals surface area contributed by atoms with Crippen LogP contribution in [0.5, 0.6) is 0 Å². The summed E-state index contributed by atoms with van der Waals surface area (Å²) in [6.45, 7) is 0. The molecular weight excluding hydrogens is 338 g/mol. The Morgan fingerprint density at radius 1 is 1.27 bits per heavy atom. The van der Waals surface area contributed by atoms with Crippen molar-refractivity contribution in [2.75, 3.05) is 19.0 Å². The van der Waals surface area contributed by atoms with Gasteiger partial charge in [-0.3, -0.25) is 14.9 Å². The molecule has 0 bridgehead atoms. The first kappa shape index (κ1) is 17.8. The van der Waals surface area contributed by atoms with Crippen LogP contribution in [-0.2, 0) is 4.79 Å². The van der Waals surface area contributed by atoms with Gasteiger partial charge in [0.25, 0.3) is 11.6 Å². The maximum Gasteiger partial charge on any atom is 0.346 e. The number of nitrogens with zero attached hydrogens (tertiary/aromatic N) is 4. The summed E-state index contributed by atoms with van der Waals surface area (Å²) in [6.07, 6.45) is 5.37. The minimum Gasteiger partial charge on any atom is -0.372 e. The number of imide groups is 1. The zero-order valence-electron chi connectivity index (χ0n) is 14.8. The average molecular weight is 359 g/mol. The van der Waals surface area contributed by atoms with Gasteiger partial charge in [-0.15, -0.1) is 5.01 Å². The molecule has 1 aliphatic carbocycles. The Morgan fingerprint density at radius 3 is 2.58 bits per heavy atom. The molecule has 1 aromatic rings. The molecule has 138 valence electrons. The van der Waals surface area contributed by atoms with Crippen LogP contribution in [0.15, 0.2) is 23.3 Å². The van der Waals surface area contributed by atoms with Crippen molar-refractivity contribution in [1.29, 1.82) is 0 Å². The number of nitro groups is 1. The molecule has 0 atom stereocenters. The Labute approximate surface area is 150 Å². The number of hydrogen-bond donors (Lipinski definition) is 1. The lowest BCUT2D eigenvalue weighted by molar-refractivity contribution is -0.384. The van der Waals surface area contributed by atoms with Gasteiger partial charge in [-0.05, 0) is 18.9 Å². The Balaban J connectivity index is 1.83.